The Kier molecular flexibility index (Phi) is 10.5. The number of fused-ring (bicyclic) bond motifs is 1. The van der Waals surface area contributed by atoms with Gasteiger partial charge in [0.15, 0.2) is 0 Å². The van der Waals surface area contributed by atoms with Crippen LogP contribution in [-0.2, 0) is 9.59 Å². The van der Waals surface area contributed by atoms with Crippen LogP contribution in [0.25, 0.3) is 0 Å². The predicted molar refractivity (Wildman–Crippen MR) is 216 cm³/mol. The number of hydrogen-bond acceptors (Lipinski definition) is 12. The number of piperidine rings is 2. The number of carbonyl (C=O) groups is 5. The fourth-order valence-corrected chi connectivity index (χ4v) is 10.1. The van der Waals surface area contributed by atoms with E-state index in [9.17, 15) is 24.0 Å². The van der Waals surface area contributed by atoms with Crippen LogP contribution >= 0.6 is 11.6 Å². The summed E-state index contributed by atoms with van der Waals surface area (Å²) >= 11 is 6.15. The largest absolute Gasteiger partial charge is 0.490 e. The number of carbonyl (C=O) groups excluding carboxylic acids is 5. The molecule has 16 heteroatoms. The number of amides is 5. The van der Waals surface area contributed by atoms with Gasteiger partial charge in [0.05, 0.1) is 40.2 Å². The molecular formula is C43H46ClN9O6. The average molecular weight is 820 g/mol. The minimum atomic E-state index is -0.970. The highest BCUT2D eigenvalue weighted by Gasteiger charge is 2.49. The topological polar surface area (TPSA) is 181 Å². The molecule has 1 atom stereocenters. The molecular weight excluding hydrogens is 774 g/mol. The van der Waals surface area contributed by atoms with E-state index in [0.717, 1.165) is 94.2 Å². The number of nitrogens with zero attached hydrogens (tertiary/aromatic N) is 7. The van der Waals surface area contributed by atoms with E-state index in [1.165, 1.54) is 12.8 Å². The Hall–Kier alpha value is -5.59. The summed E-state index contributed by atoms with van der Waals surface area (Å²) in [5, 5.41) is 14.8. The number of nitriles is 1. The second-order valence-electron chi connectivity index (χ2n) is 16.8. The van der Waals surface area contributed by atoms with E-state index in [-0.39, 0.29) is 36.8 Å². The molecule has 1 unspecified atom stereocenters. The molecule has 2 N–H and O–H groups in total. The first kappa shape index (κ1) is 38.9. The lowest BCUT2D eigenvalue weighted by Crippen LogP contribution is -2.59. The van der Waals surface area contributed by atoms with Crippen molar-refractivity contribution in [1.29, 1.82) is 5.26 Å². The number of anilines is 2. The van der Waals surface area contributed by atoms with E-state index < -0.39 is 23.8 Å². The highest BCUT2D eigenvalue weighted by atomic mass is 35.5. The number of halogens is 1. The highest BCUT2D eigenvalue weighted by Crippen LogP contribution is 2.51. The number of ether oxygens (including phenoxy) is 1. The Balaban J connectivity index is 0.699. The van der Waals surface area contributed by atoms with Gasteiger partial charge >= 0.3 is 0 Å². The lowest BCUT2D eigenvalue weighted by atomic mass is 9.60. The van der Waals surface area contributed by atoms with Crippen LogP contribution in [0.5, 0.6) is 5.75 Å². The van der Waals surface area contributed by atoms with Gasteiger partial charge in [0.2, 0.25) is 11.8 Å². The zero-order valence-corrected chi connectivity index (χ0v) is 33.5. The normalized spacial score (nSPS) is 24.7. The van der Waals surface area contributed by atoms with E-state index in [1.54, 1.807) is 42.7 Å². The van der Waals surface area contributed by atoms with Gasteiger partial charge in [-0.1, -0.05) is 11.6 Å². The third-order valence-corrected chi connectivity index (χ3v) is 13.7. The molecule has 2 saturated carbocycles. The van der Waals surface area contributed by atoms with E-state index in [4.69, 9.17) is 21.6 Å². The molecule has 1 aromatic heterocycles. The van der Waals surface area contributed by atoms with Crippen molar-refractivity contribution in [1.82, 2.24) is 30.4 Å². The number of rotatable bonds is 8. The summed E-state index contributed by atoms with van der Waals surface area (Å²) in [5.41, 5.74) is 2.57. The molecule has 2 aromatic carbocycles. The summed E-state index contributed by atoms with van der Waals surface area (Å²) in [6, 6.07) is 12.1. The summed E-state index contributed by atoms with van der Waals surface area (Å²) < 4.78 is 6.08. The Labute approximate surface area is 347 Å². The lowest BCUT2D eigenvalue weighted by molar-refractivity contribution is -0.136. The van der Waals surface area contributed by atoms with Crippen LogP contribution in [0.4, 0.5) is 11.5 Å². The molecule has 5 fully saturated rings. The Morgan fingerprint density at radius 3 is 2.29 bits per heavy atom. The average Bonchev–Trinajstić information content (AvgIpc) is 3.48. The van der Waals surface area contributed by atoms with Crippen LogP contribution in [0.1, 0.15) is 101 Å². The number of hydrogen-bond donors (Lipinski definition) is 2. The molecule has 6 aliphatic rings. The third kappa shape index (κ3) is 7.71. The summed E-state index contributed by atoms with van der Waals surface area (Å²) in [4.78, 5) is 80.9. The first-order valence-corrected chi connectivity index (χ1v) is 21.0. The fraction of sp³-hybridized carbons (Fsp3) is 0.488. The van der Waals surface area contributed by atoms with Crippen molar-refractivity contribution in [3.05, 3.63) is 76.2 Å². The van der Waals surface area contributed by atoms with Gasteiger partial charge in [0, 0.05) is 69.5 Å². The molecule has 306 valence electrons. The van der Waals surface area contributed by atoms with Crippen LogP contribution in [0, 0.1) is 16.7 Å². The SMILES string of the molecule is N#Cc1ccc(O[C@H]2CC[C@H](NC(=O)c3cnc(N4CCN(C5CC6(CCN(c7ccc8c(c7)C(=O)N(C7CCC(=O)NC7=O)C8=O)CC6)C5)CC4)cn3)CC2)cc1Cl. The van der Waals surface area contributed by atoms with Gasteiger partial charge in [-0.3, -0.25) is 39.1 Å². The van der Waals surface area contributed by atoms with Gasteiger partial charge in [-0.05, 0) is 93.5 Å². The minimum absolute atomic E-state index is 0.0211. The zero-order chi connectivity index (χ0) is 40.8. The van der Waals surface area contributed by atoms with E-state index in [1.807, 2.05) is 6.07 Å². The molecule has 5 amide bonds. The molecule has 9 rings (SSSR count). The molecule has 15 nitrogen and oxygen atoms in total. The van der Waals surface area contributed by atoms with Crippen LogP contribution in [-0.4, -0.2) is 113 Å². The van der Waals surface area contributed by atoms with Gasteiger partial charge < -0.3 is 19.9 Å². The molecule has 5 heterocycles. The summed E-state index contributed by atoms with van der Waals surface area (Å²) in [7, 11) is 0. The third-order valence-electron chi connectivity index (χ3n) is 13.3. The van der Waals surface area contributed by atoms with Crippen LogP contribution in [0.3, 0.4) is 0 Å². The van der Waals surface area contributed by atoms with Gasteiger partial charge in [-0.15, -0.1) is 0 Å². The van der Waals surface area contributed by atoms with Crippen molar-refractivity contribution < 1.29 is 28.7 Å². The molecule has 0 bridgehead atoms. The molecule has 3 aromatic rings. The lowest BCUT2D eigenvalue weighted by Gasteiger charge is -2.56. The van der Waals surface area contributed by atoms with E-state index in [0.29, 0.717) is 44.6 Å². The maximum Gasteiger partial charge on any atom is 0.271 e. The zero-order valence-electron chi connectivity index (χ0n) is 32.7. The molecule has 0 radical (unpaired) electrons. The van der Waals surface area contributed by atoms with Crippen molar-refractivity contribution >= 4 is 52.6 Å². The maximum absolute atomic E-state index is 13.4. The van der Waals surface area contributed by atoms with Crippen molar-refractivity contribution in [2.45, 2.75) is 88.4 Å². The summed E-state index contributed by atoms with van der Waals surface area (Å²) in [6.45, 7) is 5.32. The second kappa shape index (κ2) is 15.9. The molecule has 59 heavy (non-hydrogen) atoms. The van der Waals surface area contributed by atoms with Crippen molar-refractivity contribution in [3.63, 3.8) is 0 Å². The molecule has 3 saturated heterocycles. The van der Waals surface area contributed by atoms with Gasteiger partial charge in [-0.2, -0.15) is 5.26 Å². The first-order chi connectivity index (χ1) is 28.6. The van der Waals surface area contributed by atoms with Crippen molar-refractivity contribution in [2.75, 3.05) is 49.1 Å². The monoisotopic (exact) mass is 819 g/mol. The number of benzene rings is 2. The quantitative estimate of drug-likeness (QED) is 0.311. The smallest absolute Gasteiger partial charge is 0.271 e. The minimum Gasteiger partial charge on any atom is -0.490 e. The van der Waals surface area contributed by atoms with E-state index >= 15 is 0 Å². The number of piperazine rings is 1. The van der Waals surface area contributed by atoms with Gasteiger partial charge in [0.1, 0.15) is 29.4 Å². The standard InChI is InChI=1S/C43H46ClN9O6/c44-34-20-31(5-1-26(34)23-45)59-30-6-2-27(3-7-30)48-39(55)35-24-47-37(25-46-35)52-17-15-51(16-18-52)29-21-43(22-29)11-13-50(14-12-43)28-4-8-32-33(19-28)42(58)53(41(32)57)36-9-10-38(54)49-40(36)56/h1,4-5,8,19-20,24-25,27,29-30,36H,2-3,6-7,9-18,21-22H2,(H,48,55)(H,49,54,56)/t27-,30-,36?. The van der Waals surface area contributed by atoms with Gasteiger partial charge in [-0.25, -0.2) is 9.97 Å². The Morgan fingerprint density at radius 2 is 1.61 bits per heavy atom. The van der Waals surface area contributed by atoms with Crippen LogP contribution in [0.2, 0.25) is 5.02 Å². The molecule has 2 aliphatic carbocycles. The van der Waals surface area contributed by atoms with Crippen LogP contribution < -0.4 is 25.2 Å². The summed E-state index contributed by atoms with van der Waals surface area (Å²) in [6.07, 6.45) is 11.2. The van der Waals surface area contributed by atoms with Crippen molar-refractivity contribution in [2.24, 2.45) is 5.41 Å². The highest BCUT2D eigenvalue weighted by molar-refractivity contribution is 6.31. The Morgan fingerprint density at radius 1 is 0.864 bits per heavy atom. The molecule has 1 spiro atoms. The molecule has 4 aliphatic heterocycles. The number of imide groups is 2. The van der Waals surface area contributed by atoms with Crippen molar-refractivity contribution in [3.8, 4) is 11.8 Å². The first-order valence-electron chi connectivity index (χ1n) is 20.7. The number of nitrogens with one attached hydrogen (secondary N) is 2. The summed E-state index contributed by atoms with van der Waals surface area (Å²) in [5.74, 6) is -0.758. The van der Waals surface area contributed by atoms with Gasteiger partial charge in [0.25, 0.3) is 17.7 Å². The van der Waals surface area contributed by atoms with E-state index in [2.05, 4.69) is 41.4 Å². The predicted octanol–water partition coefficient (Wildman–Crippen LogP) is 4.09. The fourth-order valence-electron chi connectivity index (χ4n) is 9.86. The Bertz CT molecular complexity index is 2210. The number of aromatic nitrogens is 2. The van der Waals surface area contributed by atoms with Crippen LogP contribution in [0.15, 0.2) is 48.8 Å². The second-order valence-corrected chi connectivity index (χ2v) is 17.2. The maximum atomic E-state index is 13.4.